The highest BCUT2D eigenvalue weighted by molar-refractivity contribution is 4.99. The van der Waals surface area contributed by atoms with Gasteiger partial charge in [0, 0.05) is 25.8 Å². The Labute approximate surface area is 124 Å². The largest absolute Gasteiger partial charge is 0.381 e. The Morgan fingerprint density at radius 3 is 2.60 bits per heavy atom. The molecule has 0 aromatic rings. The molecule has 3 unspecified atom stereocenters. The third-order valence-corrected chi connectivity index (χ3v) is 5.64. The molecule has 0 amide bonds. The van der Waals surface area contributed by atoms with Crippen LogP contribution in [-0.4, -0.2) is 43.4 Å². The molecule has 3 aliphatic rings. The van der Waals surface area contributed by atoms with Crippen molar-refractivity contribution in [2.75, 3.05) is 26.3 Å². The summed E-state index contributed by atoms with van der Waals surface area (Å²) in [6.07, 6.45) is 7.34. The summed E-state index contributed by atoms with van der Waals surface area (Å²) >= 11 is 0. The second kappa shape index (κ2) is 5.94. The minimum absolute atomic E-state index is 0.393. The van der Waals surface area contributed by atoms with Gasteiger partial charge in [-0.2, -0.15) is 0 Å². The molecular weight excluding hydrogens is 248 g/mol. The van der Waals surface area contributed by atoms with E-state index in [2.05, 4.69) is 31.0 Å². The van der Waals surface area contributed by atoms with Gasteiger partial charge < -0.3 is 10.1 Å². The zero-order valence-corrected chi connectivity index (χ0v) is 13.5. The third-order valence-electron chi connectivity index (χ3n) is 5.64. The van der Waals surface area contributed by atoms with Crippen molar-refractivity contribution in [3.8, 4) is 0 Å². The van der Waals surface area contributed by atoms with Gasteiger partial charge in [-0.05, 0) is 55.9 Å². The topological polar surface area (TPSA) is 24.5 Å². The predicted molar refractivity (Wildman–Crippen MR) is 82.6 cm³/mol. The highest BCUT2D eigenvalue weighted by Crippen LogP contribution is 2.42. The van der Waals surface area contributed by atoms with E-state index >= 15 is 0 Å². The normalized spacial score (nSPS) is 37.0. The molecule has 3 rings (SSSR count). The average Bonchev–Trinajstić information content (AvgIpc) is 2.79. The Hall–Kier alpha value is -0.120. The van der Waals surface area contributed by atoms with E-state index in [4.69, 9.17) is 4.74 Å². The Morgan fingerprint density at radius 2 is 1.90 bits per heavy atom. The van der Waals surface area contributed by atoms with E-state index in [0.717, 1.165) is 31.1 Å². The molecule has 3 heterocycles. The fourth-order valence-corrected chi connectivity index (χ4v) is 4.51. The van der Waals surface area contributed by atoms with Crippen LogP contribution >= 0.6 is 0 Å². The molecule has 116 valence electrons. The van der Waals surface area contributed by atoms with Gasteiger partial charge in [-0.15, -0.1) is 0 Å². The number of hydrogen-bond donors (Lipinski definition) is 1. The van der Waals surface area contributed by atoms with Crippen LogP contribution in [0.4, 0.5) is 0 Å². The third kappa shape index (κ3) is 3.05. The zero-order valence-electron chi connectivity index (χ0n) is 13.5. The number of ether oxygens (including phenoxy) is 1. The molecule has 3 fully saturated rings. The zero-order chi connectivity index (χ0) is 14.2. The summed E-state index contributed by atoms with van der Waals surface area (Å²) in [4.78, 5) is 2.83. The highest BCUT2D eigenvalue weighted by atomic mass is 16.5. The van der Waals surface area contributed by atoms with Crippen molar-refractivity contribution in [1.82, 2.24) is 10.2 Å². The monoisotopic (exact) mass is 280 g/mol. The molecule has 0 spiro atoms. The Bertz CT molecular complexity index is 319. The molecule has 1 N–H and O–H groups in total. The molecule has 3 saturated heterocycles. The lowest BCUT2D eigenvalue weighted by Gasteiger charge is -2.41. The lowest BCUT2D eigenvalue weighted by Crippen LogP contribution is -2.53. The van der Waals surface area contributed by atoms with Crippen molar-refractivity contribution >= 4 is 0 Å². The van der Waals surface area contributed by atoms with Gasteiger partial charge >= 0.3 is 0 Å². The van der Waals surface area contributed by atoms with Gasteiger partial charge in [-0.1, -0.05) is 20.8 Å². The number of rotatable bonds is 2. The van der Waals surface area contributed by atoms with Crippen LogP contribution in [0.2, 0.25) is 0 Å². The average molecular weight is 280 g/mol. The lowest BCUT2D eigenvalue weighted by molar-refractivity contribution is 0.0204. The first-order valence-corrected chi connectivity index (χ1v) is 8.62. The number of likely N-dealkylation sites (tertiary alicyclic amines) is 1. The molecule has 3 heteroatoms. The molecule has 3 nitrogen and oxygen atoms in total. The van der Waals surface area contributed by atoms with Gasteiger partial charge in [0.25, 0.3) is 0 Å². The number of nitrogens with one attached hydrogen (secondary N) is 1. The standard InChI is InChI=1S/C17H32N2O/c1-17(2,3)15-11-14-5-4-8-18-16(14)19(15)12-13-6-9-20-10-7-13/h13-16,18H,4-12H2,1-3H3. The molecule has 20 heavy (non-hydrogen) atoms. The Balaban J connectivity index is 1.72. The molecule has 3 aliphatic heterocycles. The lowest BCUT2D eigenvalue weighted by atomic mass is 9.82. The van der Waals surface area contributed by atoms with Crippen LogP contribution in [0.15, 0.2) is 0 Å². The molecule has 0 bridgehead atoms. The summed E-state index contributed by atoms with van der Waals surface area (Å²) in [6.45, 7) is 11.7. The molecule has 0 aromatic carbocycles. The van der Waals surface area contributed by atoms with Crippen LogP contribution < -0.4 is 5.32 Å². The van der Waals surface area contributed by atoms with Crippen LogP contribution in [0.1, 0.15) is 52.9 Å². The smallest absolute Gasteiger partial charge is 0.0629 e. The first kappa shape index (κ1) is 14.8. The van der Waals surface area contributed by atoms with E-state index in [-0.39, 0.29) is 0 Å². The summed E-state index contributed by atoms with van der Waals surface area (Å²) in [5, 5.41) is 3.82. The van der Waals surface area contributed by atoms with Crippen LogP contribution in [0.3, 0.4) is 0 Å². The Morgan fingerprint density at radius 1 is 1.15 bits per heavy atom. The maximum absolute atomic E-state index is 5.53. The summed E-state index contributed by atoms with van der Waals surface area (Å²) in [7, 11) is 0. The van der Waals surface area contributed by atoms with Gasteiger partial charge in [0.2, 0.25) is 0 Å². The molecule has 0 radical (unpaired) electrons. The predicted octanol–water partition coefficient (Wildman–Crippen LogP) is 2.86. The van der Waals surface area contributed by atoms with E-state index in [1.807, 2.05) is 0 Å². The summed E-state index contributed by atoms with van der Waals surface area (Å²) in [5.74, 6) is 1.73. The minimum atomic E-state index is 0.393. The fraction of sp³-hybridized carbons (Fsp3) is 1.00. The second-order valence-corrected chi connectivity index (χ2v) is 8.17. The number of hydrogen-bond acceptors (Lipinski definition) is 3. The van der Waals surface area contributed by atoms with Crippen molar-refractivity contribution in [1.29, 1.82) is 0 Å². The van der Waals surface area contributed by atoms with E-state index < -0.39 is 0 Å². The molecular formula is C17H32N2O. The van der Waals surface area contributed by atoms with Gasteiger partial charge in [-0.25, -0.2) is 0 Å². The van der Waals surface area contributed by atoms with Crippen molar-refractivity contribution in [2.24, 2.45) is 17.3 Å². The highest BCUT2D eigenvalue weighted by Gasteiger charge is 2.46. The van der Waals surface area contributed by atoms with Crippen LogP contribution in [0.5, 0.6) is 0 Å². The molecule has 3 atom stereocenters. The SMILES string of the molecule is CC(C)(C)C1CC2CCCNC2N1CC1CCOCC1. The van der Waals surface area contributed by atoms with Gasteiger partial charge in [0.05, 0.1) is 6.17 Å². The van der Waals surface area contributed by atoms with Crippen molar-refractivity contribution in [2.45, 2.75) is 65.1 Å². The van der Waals surface area contributed by atoms with Crippen LogP contribution in [0.25, 0.3) is 0 Å². The molecule has 0 aromatic heterocycles. The van der Waals surface area contributed by atoms with Gasteiger partial charge in [0.15, 0.2) is 0 Å². The first-order valence-electron chi connectivity index (χ1n) is 8.62. The number of nitrogens with zero attached hydrogens (tertiary/aromatic N) is 1. The maximum atomic E-state index is 5.53. The van der Waals surface area contributed by atoms with E-state index in [1.165, 1.54) is 45.2 Å². The van der Waals surface area contributed by atoms with E-state index in [9.17, 15) is 0 Å². The minimum Gasteiger partial charge on any atom is -0.381 e. The number of fused-ring (bicyclic) bond motifs is 1. The second-order valence-electron chi connectivity index (χ2n) is 8.17. The molecule has 0 saturated carbocycles. The quantitative estimate of drug-likeness (QED) is 0.842. The molecule has 0 aliphatic carbocycles. The van der Waals surface area contributed by atoms with Crippen LogP contribution in [0, 0.1) is 17.3 Å². The van der Waals surface area contributed by atoms with Crippen molar-refractivity contribution in [3.05, 3.63) is 0 Å². The number of piperidine rings is 1. The summed E-state index contributed by atoms with van der Waals surface area (Å²) in [6, 6.07) is 0.742. The first-order chi connectivity index (χ1) is 9.55. The van der Waals surface area contributed by atoms with Gasteiger partial charge in [-0.3, -0.25) is 4.90 Å². The van der Waals surface area contributed by atoms with Crippen LogP contribution in [-0.2, 0) is 4.74 Å². The van der Waals surface area contributed by atoms with E-state index in [0.29, 0.717) is 11.6 Å². The Kier molecular flexibility index (Phi) is 4.40. The van der Waals surface area contributed by atoms with Crippen molar-refractivity contribution < 1.29 is 4.74 Å². The fourth-order valence-electron chi connectivity index (χ4n) is 4.51. The summed E-state index contributed by atoms with van der Waals surface area (Å²) < 4.78 is 5.53. The van der Waals surface area contributed by atoms with Crippen molar-refractivity contribution in [3.63, 3.8) is 0 Å². The van der Waals surface area contributed by atoms with E-state index in [1.54, 1.807) is 0 Å². The maximum Gasteiger partial charge on any atom is 0.0629 e. The van der Waals surface area contributed by atoms with Gasteiger partial charge in [0.1, 0.15) is 0 Å². The summed E-state index contributed by atoms with van der Waals surface area (Å²) in [5.41, 5.74) is 0.393.